The second-order valence-electron chi connectivity index (χ2n) is 5.10. The molecule has 1 heterocycles. The average Bonchev–Trinajstić information content (AvgIpc) is 2.24. The van der Waals surface area contributed by atoms with Crippen LogP contribution in [0.1, 0.15) is 20.8 Å². The second kappa shape index (κ2) is 5.22. The SMILES string of the molecule is CC(C)(C)[C@H](NS(=O)(=O)c1cncc(F)c1)C(=O)O. The Balaban J connectivity index is 3.12. The zero-order chi connectivity index (χ0) is 14.8. The van der Waals surface area contributed by atoms with E-state index in [9.17, 15) is 17.6 Å². The molecule has 0 aliphatic rings. The average molecular weight is 290 g/mol. The molecule has 2 N–H and O–H groups in total. The maximum absolute atomic E-state index is 13.0. The lowest BCUT2D eigenvalue weighted by Crippen LogP contribution is -2.48. The van der Waals surface area contributed by atoms with Crippen molar-refractivity contribution in [2.75, 3.05) is 0 Å². The molecule has 6 nitrogen and oxygen atoms in total. The van der Waals surface area contributed by atoms with Crippen LogP contribution >= 0.6 is 0 Å². The van der Waals surface area contributed by atoms with Crippen molar-refractivity contribution < 1.29 is 22.7 Å². The number of carboxylic acids is 1. The molecule has 106 valence electrons. The van der Waals surface area contributed by atoms with Gasteiger partial charge in [0, 0.05) is 6.20 Å². The molecule has 0 aromatic carbocycles. The Bertz CT molecular complexity index is 581. The third kappa shape index (κ3) is 3.97. The molecule has 0 unspecified atom stereocenters. The monoisotopic (exact) mass is 290 g/mol. The summed E-state index contributed by atoms with van der Waals surface area (Å²) in [4.78, 5) is 14.1. The van der Waals surface area contributed by atoms with E-state index in [1.807, 2.05) is 4.72 Å². The van der Waals surface area contributed by atoms with E-state index >= 15 is 0 Å². The van der Waals surface area contributed by atoms with Crippen molar-refractivity contribution in [3.63, 3.8) is 0 Å². The van der Waals surface area contributed by atoms with Gasteiger partial charge >= 0.3 is 5.97 Å². The summed E-state index contributed by atoms with van der Waals surface area (Å²) >= 11 is 0. The van der Waals surface area contributed by atoms with Gasteiger partial charge < -0.3 is 5.11 Å². The van der Waals surface area contributed by atoms with Crippen LogP contribution in [0.2, 0.25) is 0 Å². The first-order valence-corrected chi connectivity index (χ1v) is 6.88. The Kier molecular flexibility index (Phi) is 4.26. The lowest BCUT2D eigenvalue weighted by molar-refractivity contribution is -0.141. The van der Waals surface area contributed by atoms with E-state index in [0.29, 0.717) is 0 Å². The molecule has 0 bridgehead atoms. The number of hydrogen-bond acceptors (Lipinski definition) is 4. The topological polar surface area (TPSA) is 96.4 Å². The number of aromatic nitrogens is 1. The highest BCUT2D eigenvalue weighted by molar-refractivity contribution is 7.89. The largest absolute Gasteiger partial charge is 0.480 e. The number of hydrogen-bond donors (Lipinski definition) is 2. The molecule has 1 aromatic heterocycles. The molecule has 1 rings (SSSR count). The number of halogens is 1. The van der Waals surface area contributed by atoms with E-state index in [1.165, 1.54) is 0 Å². The predicted octanol–water partition coefficient (Wildman–Crippen LogP) is 0.998. The van der Waals surface area contributed by atoms with Crippen molar-refractivity contribution in [1.29, 1.82) is 0 Å². The lowest BCUT2D eigenvalue weighted by Gasteiger charge is -2.27. The van der Waals surface area contributed by atoms with E-state index in [1.54, 1.807) is 20.8 Å². The van der Waals surface area contributed by atoms with Gasteiger partial charge in [0.1, 0.15) is 16.8 Å². The van der Waals surface area contributed by atoms with Crippen LogP contribution in [0.4, 0.5) is 4.39 Å². The highest BCUT2D eigenvalue weighted by Gasteiger charge is 2.35. The van der Waals surface area contributed by atoms with Crippen molar-refractivity contribution in [2.24, 2.45) is 5.41 Å². The number of aliphatic carboxylic acids is 1. The van der Waals surface area contributed by atoms with Crippen LogP contribution in [0.25, 0.3) is 0 Å². The molecule has 0 saturated carbocycles. The van der Waals surface area contributed by atoms with Gasteiger partial charge in [-0.25, -0.2) is 12.8 Å². The number of nitrogens with zero attached hydrogens (tertiary/aromatic N) is 1. The van der Waals surface area contributed by atoms with Gasteiger partial charge in [-0.3, -0.25) is 9.78 Å². The minimum atomic E-state index is -4.14. The van der Waals surface area contributed by atoms with Crippen molar-refractivity contribution in [1.82, 2.24) is 9.71 Å². The van der Waals surface area contributed by atoms with Gasteiger partial charge in [-0.05, 0) is 11.5 Å². The molecule has 1 aromatic rings. The standard InChI is InChI=1S/C11H15FN2O4S/c1-11(2,3)9(10(15)16)14-19(17,18)8-4-7(12)5-13-6-8/h4-6,9,14H,1-3H3,(H,15,16)/t9-/m1/s1. The smallest absolute Gasteiger partial charge is 0.322 e. The molecular formula is C11H15FN2O4S. The van der Waals surface area contributed by atoms with Gasteiger partial charge in [-0.15, -0.1) is 0 Å². The molecule has 0 saturated heterocycles. The number of carbonyl (C=O) groups is 1. The fourth-order valence-corrected chi connectivity index (χ4v) is 2.73. The minimum absolute atomic E-state index is 0.414. The fraction of sp³-hybridized carbons (Fsp3) is 0.455. The molecule has 8 heteroatoms. The maximum atomic E-state index is 13.0. The number of rotatable bonds is 4. The Morgan fingerprint density at radius 3 is 2.42 bits per heavy atom. The summed E-state index contributed by atoms with van der Waals surface area (Å²) in [5, 5.41) is 9.06. The van der Waals surface area contributed by atoms with Gasteiger partial charge in [0.05, 0.1) is 6.20 Å². The van der Waals surface area contributed by atoms with Crippen LogP contribution in [0.3, 0.4) is 0 Å². The molecular weight excluding hydrogens is 275 g/mol. The second-order valence-corrected chi connectivity index (χ2v) is 6.81. The van der Waals surface area contributed by atoms with Crippen LogP contribution in [0.15, 0.2) is 23.4 Å². The zero-order valence-corrected chi connectivity index (χ0v) is 11.5. The molecule has 0 amide bonds. The minimum Gasteiger partial charge on any atom is -0.480 e. The summed E-state index contributed by atoms with van der Waals surface area (Å²) in [6.45, 7) is 4.74. The first-order chi connectivity index (χ1) is 8.54. The van der Waals surface area contributed by atoms with Crippen LogP contribution < -0.4 is 4.72 Å². The van der Waals surface area contributed by atoms with Crippen LogP contribution in [-0.4, -0.2) is 30.5 Å². The molecule has 0 aliphatic heterocycles. The molecule has 19 heavy (non-hydrogen) atoms. The van der Waals surface area contributed by atoms with Crippen LogP contribution in [0, 0.1) is 11.2 Å². The third-order valence-electron chi connectivity index (χ3n) is 2.38. The first-order valence-electron chi connectivity index (χ1n) is 5.40. The lowest BCUT2D eigenvalue weighted by atomic mass is 9.88. The van der Waals surface area contributed by atoms with Crippen molar-refractivity contribution in [2.45, 2.75) is 31.7 Å². The third-order valence-corrected chi connectivity index (χ3v) is 3.77. The highest BCUT2D eigenvalue weighted by Crippen LogP contribution is 2.21. The number of pyridine rings is 1. The molecule has 0 radical (unpaired) electrons. The normalized spacial score (nSPS) is 14.1. The summed E-state index contributed by atoms with van der Waals surface area (Å²) in [6.07, 6.45) is 1.81. The first kappa shape index (κ1) is 15.5. The summed E-state index contributed by atoms with van der Waals surface area (Å²) in [5.41, 5.74) is -0.834. The Morgan fingerprint density at radius 1 is 1.42 bits per heavy atom. The van der Waals surface area contributed by atoms with Gasteiger partial charge in [0.25, 0.3) is 0 Å². The predicted molar refractivity (Wildman–Crippen MR) is 65.4 cm³/mol. The van der Waals surface area contributed by atoms with E-state index in [4.69, 9.17) is 5.11 Å². The van der Waals surface area contributed by atoms with Crippen LogP contribution in [0.5, 0.6) is 0 Å². The molecule has 0 fully saturated rings. The summed E-state index contributed by atoms with van der Waals surface area (Å²) in [5.74, 6) is -2.12. The van der Waals surface area contributed by atoms with Crippen molar-refractivity contribution >= 4 is 16.0 Å². The molecule has 0 spiro atoms. The molecule has 1 atom stereocenters. The van der Waals surface area contributed by atoms with Gasteiger partial charge in [-0.2, -0.15) is 4.72 Å². The Morgan fingerprint density at radius 2 is 2.00 bits per heavy atom. The van der Waals surface area contributed by atoms with E-state index in [-0.39, 0.29) is 0 Å². The quantitative estimate of drug-likeness (QED) is 0.862. The summed E-state index contributed by atoms with van der Waals surface area (Å²) in [7, 11) is -4.14. The maximum Gasteiger partial charge on any atom is 0.322 e. The Hall–Kier alpha value is -1.54. The van der Waals surface area contributed by atoms with Crippen molar-refractivity contribution in [3.8, 4) is 0 Å². The molecule has 0 aliphatic carbocycles. The van der Waals surface area contributed by atoms with Crippen LogP contribution in [-0.2, 0) is 14.8 Å². The summed E-state index contributed by atoms with van der Waals surface area (Å²) < 4.78 is 38.9. The van der Waals surface area contributed by atoms with E-state index in [2.05, 4.69) is 4.98 Å². The Labute approximate surface area is 110 Å². The van der Waals surface area contributed by atoms with Gasteiger partial charge in [0.2, 0.25) is 10.0 Å². The number of sulfonamides is 1. The van der Waals surface area contributed by atoms with E-state index in [0.717, 1.165) is 18.5 Å². The van der Waals surface area contributed by atoms with Crippen molar-refractivity contribution in [3.05, 3.63) is 24.3 Å². The highest BCUT2D eigenvalue weighted by atomic mass is 32.2. The fourth-order valence-electron chi connectivity index (χ4n) is 1.36. The number of carboxylic acid groups (broad SMARTS) is 1. The van der Waals surface area contributed by atoms with E-state index < -0.39 is 38.2 Å². The van der Waals surface area contributed by atoms with Gasteiger partial charge in [0.15, 0.2) is 0 Å². The zero-order valence-electron chi connectivity index (χ0n) is 10.7. The van der Waals surface area contributed by atoms with Gasteiger partial charge in [-0.1, -0.05) is 20.8 Å². The summed E-state index contributed by atoms with van der Waals surface area (Å²) in [6, 6.07) is -0.558. The number of nitrogens with one attached hydrogen (secondary N) is 1.